The third-order valence-electron chi connectivity index (χ3n) is 4.26. The smallest absolute Gasteiger partial charge is 0.410 e. The number of hydrogen-bond acceptors (Lipinski definition) is 5. The first-order chi connectivity index (χ1) is 13.7. The first kappa shape index (κ1) is 20.6. The fourth-order valence-electron chi connectivity index (χ4n) is 2.94. The number of amides is 2. The molecule has 8 nitrogen and oxygen atoms in total. The van der Waals surface area contributed by atoms with Crippen molar-refractivity contribution in [1.82, 2.24) is 14.7 Å². The van der Waals surface area contributed by atoms with Gasteiger partial charge in [0, 0.05) is 25.4 Å². The first-order valence-corrected chi connectivity index (χ1v) is 9.41. The summed E-state index contributed by atoms with van der Waals surface area (Å²) in [6.45, 7) is 6.23. The number of carbonyl (C=O) groups excluding carboxylic acids is 2. The van der Waals surface area contributed by atoms with Crippen LogP contribution in [-0.4, -0.2) is 52.0 Å². The van der Waals surface area contributed by atoms with Crippen molar-refractivity contribution in [3.63, 3.8) is 0 Å². The van der Waals surface area contributed by atoms with Crippen molar-refractivity contribution in [2.24, 2.45) is 0 Å². The van der Waals surface area contributed by atoms with Crippen LogP contribution in [0.25, 0.3) is 0 Å². The molecule has 0 bridgehead atoms. The van der Waals surface area contributed by atoms with Gasteiger partial charge < -0.3 is 19.7 Å². The van der Waals surface area contributed by atoms with Crippen LogP contribution in [0.4, 0.5) is 15.0 Å². The molecule has 1 N–H and O–H groups in total. The zero-order valence-electron chi connectivity index (χ0n) is 16.7. The number of aromatic nitrogens is 2. The molecule has 0 spiro atoms. The van der Waals surface area contributed by atoms with Gasteiger partial charge in [0.1, 0.15) is 5.60 Å². The molecule has 1 saturated heterocycles. The highest BCUT2D eigenvalue weighted by molar-refractivity contribution is 5.90. The van der Waals surface area contributed by atoms with Crippen LogP contribution in [0, 0.1) is 5.82 Å². The highest BCUT2D eigenvalue weighted by Gasteiger charge is 2.31. The lowest BCUT2D eigenvalue weighted by Gasteiger charge is -2.24. The van der Waals surface area contributed by atoms with E-state index in [9.17, 15) is 14.0 Å². The average Bonchev–Trinajstić information content (AvgIpc) is 3.29. The Hall–Kier alpha value is -3.10. The highest BCUT2D eigenvalue weighted by atomic mass is 19.1. The molecule has 1 atom stereocenters. The molecule has 9 heteroatoms. The summed E-state index contributed by atoms with van der Waals surface area (Å²) in [4.78, 5) is 25.9. The molecule has 0 aliphatic carbocycles. The monoisotopic (exact) mass is 404 g/mol. The highest BCUT2D eigenvalue weighted by Crippen LogP contribution is 2.24. The van der Waals surface area contributed by atoms with Crippen molar-refractivity contribution in [2.75, 3.05) is 25.0 Å². The minimum atomic E-state index is -0.539. The Bertz CT molecular complexity index is 877. The van der Waals surface area contributed by atoms with E-state index in [0.29, 0.717) is 18.9 Å². The summed E-state index contributed by atoms with van der Waals surface area (Å²) in [5, 5.41) is 6.97. The summed E-state index contributed by atoms with van der Waals surface area (Å²) in [6, 6.07) is 7.55. The van der Waals surface area contributed by atoms with Crippen molar-refractivity contribution in [1.29, 1.82) is 0 Å². The van der Waals surface area contributed by atoms with Gasteiger partial charge in [0.05, 0.1) is 6.04 Å². The SMILES string of the molecule is CC(C)(C)OC(=O)N1CCC(n2ccc(NC(=O)COc3ccccc3F)n2)C1. The van der Waals surface area contributed by atoms with E-state index in [1.165, 1.54) is 12.1 Å². The largest absolute Gasteiger partial charge is 0.481 e. The van der Waals surface area contributed by atoms with Crippen LogP contribution in [0.1, 0.15) is 33.2 Å². The molecular weight excluding hydrogens is 379 g/mol. The summed E-state index contributed by atoms with van der Waals surface area (Å²) in [5.74, 6) is -0.593. The predicted octanol–water partition coefficient (Wildman–Crippen LogP) is 3.22. The predicted molar refractivity (Wildman–Crippen MR) is 104 cm³/mol. The molecule has 2 heterocycles. The van der Waals surface area contributed by atoms with Gasteiger partial charge in [-0.05, 0) is 39.3 Å². The molecule has 1 aliphatic rings. The molecule has 2 amide bonds. The number of halogens is 1. The number of ether oxygens (including phenoxy) is 2. The minimum absolute atomic E-state index is 0.00263. The zero-order chi connectivity index (χ0) is 21.0. The second-order valence-electron chi connectivity index (χ2n) is 7.82. The maximum absolute atomic E-state index is 13.5. The van der Waals surface area contributed by atoms with Gasteiger partial charge in [-0.25, -0.2) is 9.18 Å². The molecule has 0 radical (unpaired) electrons. The van der Waals surface area contributed by atoms with E-state index in [1.807, 2.05) is 20.8 Å². The van der Waals surface area contributed by atoms with E-state index in [0.717, 1.165) is 6.42 Å². The number of nitrogens with zero attached hydrogens (tertiary/aromatic N) is 3. The second-order valence-corrected chi connectivity index (χ2v) is 7.82. The summed E-state index contributed by atoms with van der Waals surface area (Å²) in [7, 11) is 0. The van der Waals surface area contributed by atoms with Crippen molar-refractivity contribution in [2.45, 2.75) is 38.8 Å². The minimum Gasteiger partial charge on any atom is -0.481 e. The Morgan fingerprint density at radius 2 is 2.03 bits per heavy atom. The molecule has 1 aromatic carbocycles. The number of carbonyl (C=O) groups is 2. The van der Waals surface area contributed by atoms with Crippen LogP contribution in [0.15, 0.2) is 36.5 Å². The van der Waals surface area contributed by atoms with Crippen LogP contribution < -0.4 is 10.1 Å². The third-order valence-corrected chi connectivity index (χ3v) is 4.26. The summed E-state index contributed by atoms with van der Waals surface area (Å²) in [6.07, 6.45) is 2.15. The maximum atomic E-state index is 13.5. The van der Waals surface area contributed by atoms with Gasteiger partial charge in [-0.3, -0.25) is 9.48 Å². The molecule has 29 heavy (non-hydrogen) atoms. The molecular formula is C20H25FN4O4. The lowest BCUT2D eigenvalue weighted by molar-refractivity contribution is -0.118. The number of rotatable bonds is 5. The summed E-state index contributed by atoms with van der Waals surface area (Å²) in [5.41, 5.74) is -0.539. The molecule has 0 saturated carbocycles. The summed E-state index contributed by atoms with van der Waals surface area (Å²) < 4.78 is 25.8. The second kappa shape index (κ2) is 8.50. The van der Waals surface area contributed by atoms with Gasteiger partial charge in [0.2, 0.25) is 0 Å². The fourth-order valence-corrected chi connectivity index (χ4v) is 2.94. The van der Waals surface area contributed by atoms with Crippen LogP contribution in [0.2, 0.25) is 0 Å². The lowest BCUT2D eigenvalue weighted by Crippen LogP contribution is -2.35. The quantitative estimate of drug-likeness (QED) is 0.827. The number of anilines is 1. The van der Waals surface area contributed by atoms with Crippen molar-refractivity contribution >= 4 is 17.8 Å². The van der Waals surface area contributed by atoms with E-state index in [4.69, 9.17) is 9.47 Å². The van der Waals surface area contributed by atoms with Crippen LogP contribution in [0.3, 0.4) is 0 Å². The molecule has 1 fully saturated rings. The third kappa shape index (κ3) is 5.69. The topological polar surface area (TPSA) is 85.7 Å². The Labute approximate surface area is 168 Å². The van der Waals surface area contributed by atoms with Gasteiger partial charge in [0.25, 0.3) is 5.91 Å². The molecule has 1 unspecified atom stereocenters. The van der Waals surface area contributed by atoms with Crippen molar-refractivity contribution < 1.29 is 23.5 Å². The van der Waals surface area contributed by atoms with Crippen molar-refractivity contribution in [3.05, 3.63) is 42.3 Å². The Balaban J connectivity index is 1.50. The molecule has 156 valence electrons. The average molecular weight is 404 g/mol. The Morgan fingerprint density at radius 1 is 1.28 bits per heavy atom. The maximum Gasteiger partial charge on any atom is 0.410 e. The van der Waals surface area contributed by atoms with E-state index in [1.54, 1.807) is 34.0 Å². The number of likely N-dealkylation sites (tertiary alicyclic amines) is 1. The van der Waals surface area contributed by atoms with E-state index < -0.39 is 17.3 Å². The van der Waals surface area contributed by atoms with Crippen LogP contribution >= 0.6 is 0 Å². The van der Waals surface area contributed by atoms with E-state index in [2.05, 4.69) is 10.4 Å². The Kier molecular flexibility index (Phi) is 6.05. The molecule has 3 rings (SSSR count). The normalized spacial score (nSPS) is 16.6. The summed E-state index contributed by atoms with van der Waals surface area (Å²) >= 11 is 0. The number of nitrogens with one attached hydrogen (secondary N) is 1. The van der Waals surface area contributed by atoms with Crippen LogP contribution in [0.5, 0.6) is 5.75 Å². The van der Waals surface area contributed by atoms with Gasteiger partial charge in [-0.1, -0.05) is 12.1 Å². The van der Waals surface area contributed by atoms with E-state index >= 15 is 0 Å². The lowest BCUT2D eigenvalue weighted by atomic mass is 10.2. The van der Waals surface area contributed by atoms with Gasteiger partial charge in [0.15, 0.2) is 24.0 Å². The van der Waals surface area contributed by atoms with Crippen LogP contribution in [-0.2, 0) is 9.53 Å². The van der Waals surface area contributed by atoms with Gasteiger partial charge in [-0.2, -0.15) is 5.10 Å². The number of para-hydroxylation sites is 1. The van der Waals surface area contributed by atoms with Gasteiger partial charge >= 0.3 is 6.09 Å². The molecule has 2 aromatic rings. The van der Waals surface area contributed by atoms with E-state index in [-0.39, 0.29) is 24.5 Å². The zero-order valence-corrected chi connectivity index (χ0v) is 16.7. The molecule has 1 aliphatic heterocycles. The van der Waals surface area contributed by atoms with Crippen molar-refractivity contribution in [3.8, 4) is 5.75 Å². The standard InChI is InChI=1S/C20H25FN4O4/c1-20(2,3)29-19(27)24-10-8-14(12-24)25-11-9-17(23-25)22-18(26)13-28-16-7-5-4-6-15(16)21/h4-7,9,11,14H,8,10,12-13H2,1-3H3,(H,22,23,26). The number of benzene rings is 1. The fraction of sp³-hybridized carbons (Fsp3) is 0.450. The molecule has 1 aromatic heterocycles. The number of hydrogen-bond donors (Lipinski definition) is 1. The Morgan fingerprint density at radius 3 is 2.76 bits per heavy atom. The first-order valence-electron chi connectivity index (χ1n) is 9.41. The van der Waals surface area contributed by atoms with Gasteiger partial charge in [-0.15, -0.1) is 0 Å².